The number of aromatic nitrogens is 1. The first-order chi connectivity index (χ1) is 10.2. The predicted molar refractivity (Wildman–Crippen MR) is 96.7 cm³/mol. The van der Waals surface area contributed by atoms with Gasteiger partial charge < -0.3 is 5.32 Å². The lowest BCUT2D eigenvalue weighted by molar-refractivity contribution is 0.153. The van der Waals surface area contributed by atoms with Gasteiger partial charge in [0.05, 0.1) is 0 Å². The van der Waals surface area contributed by atoms with Crippen molar-refractivity contribution in [3.8, 4) is 0 Å². The molecule has 118 valence electrons. The summed E-state index contributed by atoms with van der Waals surface area (Å²) in [6, 6.07) is 10.5. The summed E-state index contributed by atoms with van der Waals surface area (Å²) in [7, 11) is 0. The summed E-state index contributed by atoms with van der Waals surface area (Å²) in [5, 5.41) is 4.23. The Balaban J connectivity index is 0.00000176. The van der Waals surface area contributed by atoms with Crippen molar-refractivity contribution in [2.24, 2.45) is 0 Å². The van der Waals surface area contributed by atoms with Crippen LogP contribution in [-0.2, 0) is 6.54 Å². The first kappa shape index (κ1) is 17.7. The van der Waals surface area contributed by atoms with Gasteiger partial charge in [-0.2, -0.15) is 0 Å². The van der Waals surface area contributed by atoms with Crippen molar-refractivity contribution in [1.29, 1.82) is 0 Å². The van der Waals surface area contributed by atoms with Crippen molar-refractivity contribution in [1.82, 2.24) is 15.2 Å². The SMILES string of the molecule is Cl.Clc1ccc(CN2CCNCC2c2cccnc2)c(Br)c1. The average Bonchev–Trinajstić information content (AvgIpc) is 2.51. The molecule has 3 rings (SSSR count). The maximum absolute atomic E-state index is 6.02. The highest BCUT2D eigenvalue weighted by atomic mass is 79.9. The summed E-state index contributed by atoms with van der Waals surface area (Å²) in [5.74, 6) is 0. The van der Waals surface area contributed by atoms with Crippen molar-refractivity contribution >= 4 is 39.9 Å². The number of nitrogens with zero attached hydrogens (tertiary/aromatic N) is 2. The highest BCUT2D eigenvalue weighted by Gasteiger charge is 2.24. The van der Waals surface area contributed by atoms with Gasteiger partial charge in [0.25, 0.3) is 0 Å². The molecule has 1 unspecified atom stereocenters. The summed E-state index contributed by atoms with van der Waals surface area (Å²) >= 11 is 9.63. The largest absolute Gasteiger partial charge is 0.314 e. The zero-order valence-electron chi connectivity index (χ0n) is 12.0. The number of pyridine rings is 1. The number of hydrogen-bond acceptors (Lipinski definition) is 3. The van der Waals surface area contributed by atoms with Gasteiger partial charge in [-0.3, -0.25) is 9.88 Å². The third kappa shape index (κ3) is 4.21. The minimum atomic E-state index is 0. The molecule has 0 amide bonds. The van der Waals surface area contributed by atoms with E-state index in [1.807, 2.05) is 30.6 Å². The second kappa shape index (κ2) is 8.27. The molecule has 1 fully saturated rings. The Labute approximate surface area is 150 Å². The van der Waals surface area contributed by atoms with Gasteiger partial charge >= 0.3 is 0 Å². The first-order valence-electron chi connectivity index (χ1n) is 7.02. The van der Waals surface area contributed by atoms with E-state index >= 15 is 0 Å². The monoisotopic (exact) mass is 401 g/mol. The highest BCUT2D eigenvalue weighted by Crippen LogP contribution is 2.27. The third-order valence-electron chi connectivity index (χ3n) is 3.81. The van der Waals surface area contributed by atoms with E-state index in [0.717, 1.165) is 35.7 Å². The molecule has 1 aromatic carbocycles. The van der Waals surface area contributed by atoms with Crippen molar-refractivity contribution in [2.75, 3.05) is 19.6 Å². The molecule has 0 bridgehead atoms. The standard InChI is InChI=1S/C16H17BrClN3.ClH/c17-15-8-14(18)4-3-13(15)11-21-7-6-20-10-16(21)12-2-1-5-19-9-12;/h1-5,8-9,16,20H,6-7,10-11H2;1H. The average molecular weight is 403 g/mol. The predicted octanol–water partition coefficient (Wildman–Crippen LogP) is 4.07. The molecule has 0 aliphatic carbocycles. The van der Waals surface area contributed by atoms with Crippen LogP contribution in [0.15, 0.2) is 47.2 Å². The van der Waals surface area contributed by atoms with Gasteiger partial charge in [0.1, 0.15) is 0 Å². The number of benzene rings is 1. The Kier molecular flexibility index (Phi) is 6.66. The van der Waals surface area contributed by atoms with Crippen LogP contribution in [0.4, 0.5) is 0 Å². The van der Waals surface area contributed by atoms with Gasteiger partial charge in [0.15, 0.2) is 0 Å². The van der Waals surface area contributed by atoms with Gasteiger partial charge in [0.2, 0.25) is 0 Å². The molecule has 3 nitrogen and oxygen atoms in total. The van der Waals surface area contributed by atoms with E-state index < -0.39 is 0 Å². The van der Waals surface area contributed by atoms with E-state index in [0.29, 0.717) is 6.04 Å². The van der Waals surface area contributed by atoms with Crippen molar-refractivity contribution in [2.45, 2.75) is 12.6 Å². The summed E-state index contributed by atoms with van der Waals surface area (Å²) in [4.78, 5) is 6.74. The second-order valence-electron chi connectivity index (χ2n) is 5.21. The van der Waals surface area contributed by atoms with Gasteiger partial charge in [-0.05, 0) is 29.3 Å². The summed E-state index contributed by atoms with van der Waals surface area (Å²) < 4.78 is 1.07. The van der Waals surface area contributed by atoms with Gasteiger partial charge in [-0.1, -0.05) is 39.7 Å². The molecule has 1 atom stereocenters. The zero-order chi connectivity index (χ0) is 14.7. The lowest BCUT2D eigenvalue weighted by atomic mass is 10.0. The Hall–Kier alpha value is -0.650. The third-order valence-corrected chi connectivity index (χ3v) is 4.79. The van der Waals surface area contributed by atoms with Crippen LogP contribution < -0.4 is 5.32 Å². The molecule has 1 N–H and O–H groups in total. The normalized spacial score (nSPS) is 18.7. The Bertz CT molecular complexity index is 610. The van der Waals surface area contributed by atoms with Crippen LogP contribution in [0.1, 0.15) is 17.2 Å². The number of hydrogen-bond donors (Lipinski definition) is 1. The molecular formula is C16H18BrCl2N3. The zero-order valence-corrected chi connectivity index (χ0v) is 15.2. The molecule has 6 heteroatoms. The van der Waals surface area contributed by atoms with Crippen LogP contribution in [0.3, 0.4) is 0 Å². The van der Waals surface area contributed by atoms with E-state index in [2.05, 4.69) is 43.3 Å². The summed E-state index contributed by atoms with van der Waals surface area (Å²) in [5.41, 5.74) is 2.52. The van der Waals surface area contributed by atoms with Gasteiger partial charge in [-0.25, -0.2) is 0 Å². The second-order valence-corrected chi connectivity index (χ2v) is 6.50. The number of nitrogens with one attached hydrogen (secondary N) is 1. The van der Waals surface area contributed by atoms with Gasteiger partial charge in [-0.15, -0.1) is 12.4 Å². The topological polar surface area (TPSA) is 28.2 Å². The van der Waals surface area contributed by atoms with E-state index in [1.165, 1.54) is 11.1 Å². The maximum Gasteiger partial charge on any atom is 0.0492 e. The van der Waals surface area contributed by atoms with Crippen molar-refractivity contribution in [3.63, 3.8) is 0 Å². The van der Waals surface area contributed by atoms with Gasteiger partial charge in [0, 0.05) is 54.1 Å². The summed E-state index contributed by atoms with van der Waals surface area (Å²) in [6.07, 6.45) is 3.78. The molecule has 1 aromatic heterocycles. The molecule has 1 aliphatic heterocycles. The molecule has 2 heterocycles. The lowest BCUT2D eigenvalue weighted by Gasteiger charge is -2.36. The van der Waals surface area contributed by atoms with Crippen LogP contribution in [0, 0.1) is 0 Å². The Morgan fingerprint density at radius 2 is 2.23 bits per heavy atom. The fourth-order valence-electron chi connectivity index (χ4n) is 2.71. The van der Waals surface area contributed by atoms with Crippen molar-refractivity contribution < 1.29 is 0 Å². The number of piperazine rings is 1. The number of halogens is 3. The van der Waals surface area contributed by atoms with Crippen LogP contribution in [0.25, 0.3) is 0 Å². The fraction of sp³-hybridized carbons (Fsp3) is 0.312. The molecule has 22 heavy (non-hydrogen) atoms. The van der Waals surface area contributed by atoms with E-state index in [4.69, 9.17) is 11.6 Å². The van der Waals surface area contributed by atoms with E-state index in [9.17, 15) is 0 Å². The lowest BCUT2D eigenvalue weighted by Crippen LogP contribution is -2.45. The molecule has 0 radical (unpaired) electrons. The minimum absolute atomic E-state index is 0. The molecule has 1 saturated heterocycles. The molecule has 2 aromatic rings. The highest BCUT2D eigenvalue weighted by molar-refractivity contribution is 9.10. The van der Waals surface area contributed by atoms with Crippen LogP contribution >= 0.6 is 39.9 Å². The minimum Gasteiger partial charge on any atom is -0.314 e. The molecule has 0 spiro atoms. The smallest absolute Gasteiger partial charge is 0.0492 e. The van der Waals surface area contributed by atoms with Crippen LogP contribution in [-0.4, -0.2) is 29.5 Å². The van der Waals surface area contributed by atoms with Crippen LogP contribution in [0.2, 0.25) is 5.02 Å². The van der Waals surface area contributed by atoms with E-state index in [1.54, 1.807) is 0 Å². The first-order valence-corrected chi connectivity index (χ1v) is 8.20. The summed E-state index contributed by atoms with van der Waals surface area (Å²) in [6.45, 7) is 3.90. The van der Waals surface area contributed by atoms with Crippen LogP contribution in [0.5, 0.6) is 0 Å². The molecule has 0 saturated carbocycles. The Morgan fingerprint density at radius 1 is 1.36 bits per heavy atom. The molecule has 1 aliphatic rings. The van der Waals surface area contributed by atoms with E-state index in [-0.39, 0.29) is 12.4 Å². The fourth-order valence-corrected chi connectivity index (χ4v) is 3.51. The van der Waals surface area contributed by atoms with Crippen molar-refractivity contribution in [3.05, 3.63) is 63.3 Å². The maximum atomic E-state index is 6.02. The Morgan fingerprint density at radius 3 is 2.95 bits per heavy atom. The quantitative estimate of drug-likeness (QED) is 0.838. The molecular weight excluding hydrogens is 385 g/mol. The number of rotatable bonds is 3.